The lowest BCUT2D eigenvalue weighted by atomic mass is 10.2. The number of carboxylic acids is 1. The summed E-state index contributed by atoms with van der Waals surface area (Å²) in [5.41, 5.74) is -1.07. The molecule has 1 aromatic rings. The molecule has 2 N–H and O–H groups in total. The number of aliphatic carboxylic acids is 1. The van der Waals surface area contributed by atoms with Gasteiger partial charge in [0.2, 0.25) is 0 Å². The van der Waals surface area contributed by atoms with E-state index in [0.29, 0.717) is 12.3 Å². The fourth-order valence-corrected chi connectivity index (χ4v) is 1.21. The van der Waals surface area contributed by atoms with Gasteiger partial charge in [0.15, 0.2) is 5.76 Å². The molecule has 100 valence electrons. The quantitative estimate of drug-likeness (QED) is 0.871. The van der Waals surface area contributed by atoms with Crippen molar-refractivity contribution in [3.8, 4) is 0 Å². The van der Waals surface area contributed by atoms with Gasteiger partial charge < -0.3 is 14.8 Å². The van der Waals surface area contributed by atoms with E-state index in [1.807, 2.05) is 0 Å². The molecular weight excluding hydrogens is 255 g/mol. The first-order valence-electron chi connectivity index (χ1n) is 4.88. The second kappa shape index (κ2) is 5.11. The van der Waals surface area contributed by atoms with Crippen LogP contribution in [0.1, 0.15) is 29.5 Å². The molecule has 0 bridgehead atoms. The van der Waals surface area contributed by atoms with Crippen molar-refractivity contribution in [3.05, 3.63) is 23.7 Å². The number of alkyl halides is 3. The van der Waals surface area contributed by atoms with E-state index in [0.717, 1.165) is 0 Å². The smallest absolute Gasteiger partial charge is 0.419 e. The third kappa shape index (κ3) is 3.79. The molecule has 0 aliphatic heterocycles. The molecule has 0 fully saturated rings. The first kappa shape index (κ1) is 14.1. The molecule has 1 amide bonds. The summed E-state index contributed by atoms with van der Waals surface area (Å²) in [4.78, 5) is 21.8. The van der Waals surface area contributed by atoms with E-state index < -0.39 is 35.4 Å². The van der Waals surface area contributed by atoms with Crippen LogP contribution in [0.5, 0.6) is 0 Å². The molecule has 0 spiro atoms. The molecule has 5 nitrogen and oxygen atoms in total. The van der Waals surface area contributed by atoms with E-state index in [1.165, 1.54) is 6.92 Å². The van der Waals surface area contributed by atoms with Crippen LogP contribution in [0.2, 0.25) is 0 Å². The zero-order valence-electron chi connectivity index (χ0n) is 9.25. The number of carbonyl (C=O) groups excluding carboxylic acids is 1. The number of halogens is 3. The summed E-state index contributed by atoms with van der Waals surface area (Å²) in [6, 6.07) is -0.155. The van der Waals surface area contributed by atoms with Crippen LogP contribution in [0, 0.1) is 0 Å². The number of carbonyl (C=O) groups is 2. The summed E-state index contributed by atoms with van der Waals surface area (Å²) >= 11 is 0. The van der Waals surface area contributed by atoms with Crippen molar-refractivity contribution in [2.45, 2.75) is 25.6 Å². The molecule has 1 aromatic heterocycles. The van der Waals surface area contributed by atoms with Gasteiger partial charge in [0, 0.05) is 12.1 Å². The third-order valence-corrected chi connectivity index (χ3v) is 2.01. The van der Waals surface area contributed by atoms with Gasteiger partial charge in [-0.05, 0) is 6.92 Å². The number of hydrogen-bond acceptors (Lipinski definition) is 3. The van der Waals surface area contributed by atoms with Gasteiger partial charge in [0.1, 0.15) is 6.26 Å². The molecule has 1 heterocycles. The van der Waals surface area contributed by atoms with Gasteiger partial charge in [-0.25, -0.2) is 0 Å². The van der Waals surface area contributed by atoms with Crippen molar-refractivity contribution in [3.63, 3.8) is 0 Å². The SMILES string of the molecule is CC(CC(=O)O)NC(=O)c1cc(C(F)(F)F)co1. The minimum atomic E-state index is -4.59. The number of furan rings is 1. The number of hydrogen-bond donors (Lipinski definition) is 2. The third-order valence-electron chi connectivity index (χ3n) is 2.01. The summed E-state index contributed by atoms with van der Waals surface area (Å²) in [6.45, 7) is 1.42. The van der Waals surface area contributed by atoms with Crippen LogP contribution >= 0.6 is 0 Å². The number of rotatable bonds is 4. The van der Waals surface area contributed by atoms with Crippen LogP contribution in [-0.4, -0.2) is 23.0 Å². The topological polar surface area (TPSA) is 79.5 Å². The Morgan fingerprint density at radius 3 is 2.56 bits per heavy atom. The van der Waals surface area contributed by atoms with Crippen molar-refractivity contribution < 1.29 is 32.3 Å². The molecule has 0 saturated carbocycles. The Morgan fingerprint density at radius 1 is 1.50 bits per heavy atom. The highest BCUT2D eigenvalue weighted by molar-refractivity contribution is 5.92. The Morgan fingerprint density at radius 2 is 2.11 bits per heavy atom. The molecule has 0 saturated heterocycles. The Balaban J connectivity index is 2.68. The Labute approximate surface area is 99.6 Å². The van der Waals surface area contributed by atoms with Gasteiger partial charge in [-0.1, -0.05) is 0 Å². The number of amides is 1. The fraction of sp³-hybridized carbons (Fsp3) is 0.400. The van der Waals surface area contributed by atoms with Gasteiger partial charge in [0.05, 0.1) is 12.0 Å². The molecule has 0 aliphatic carbocycles. The second-order valence-corrected chi connectivity index (χ2v) is 3.67. The number of carboxylic acid groups (broad SMARTS) is 1. The summed E-state index contributed by atoms with van der Waals surface area (Å²) < 4.78 is 41.2. The van der Waals surface area contributed by atoms with E-state index >= 15 is 0 Å². The van der Waals surface area contributed by atoms with Gasteiger partial charge >= 0.3 is 12.1 Å². The van der Waals surface area contributed by atoms with E-state index in [9.17, 15) is 22.8 Å². The molecular formula is C10H10F3NO4. The summed E-state index contributed by atoms with van der Waals surface area (Å²) in [5, 5.41) is 10.7. The van der Waals surface area contributed by atoms with Crippen LogP contribution < -0.4 is 5.32 Å². The lowest BCUT2D eigenvalue weighted by Crippen LogP contribution is -2.33. The van der Waals surface area contributed by atoms with Crippen LogP contribution in [0.25, 0.3) is 0 Å². The van der Waals surface area contributed by atoms with Crippen molar-refractivity contribution >= 4 is 11.9 Å². The molecule has 1 rings (SSSR count). The van der Waals surface area contributed by atoms with Gasteiger partial charge in [-0.3, -0.25) is 9.59 Å². The highest BCUT2D eigenvalue weighted by Crippen LogP contribution is 2.30. The van der Waals surface area contributed by atoms with Crippen LogP contribution in [-0.2, 0) is 11.0 Å². The lowest BCUT2D eigenvalue weighted by Gasteiger charge is -2.09. The summed E-state index contributed by atoms with van der Waals surface area (Å²) in [7, 11) is 0. The maximum Gasteiger partial charge on any atom is 0.419 e. The van der Waals surface area contributed by atoms with Crippen LogP contribution in [0.15, 0.2) is 16.7 Å². The predicted octanol–water partition coefficient (Wildman–Crippen LogP) is 1.89. The van der Waals surface area contributed by atoms with E-state index in [1.54, 1.807) is 0 Å². The first-order chi connectivity index (χ1) is 8.20. The molecule has 0 aromatic carbocycles. The second-order valence-electron chi connectivity index (χ2n) is 3.67. The van der Waals surface area contributed by atoms with Crippen LogP contribution in [0.3, 0.4) is 0 Å². The molecule has 1 atom stereocenters. The highest BCUT2D eigenvalue weighted by atomic mass is 19.4. The fourth-order valence-electron chi connectivity index (χ4n) is 1.21. The number of nitrogens with one attached hydrogen (secondary N) is 1. The molecule has 18 heavy (non-hydrogen) atoms. The Hall–Kier alpha value is -1.99. The lowest BCUT2D eigenvalue weighted by molar-refractivity contribution is -0.138. The Bertz CT molecular complexity index is 452. The van der Waals surface area contributed by atoms with E-state index in [4.69, 9.17) is 5.11 Å². The standard InChI is InChI=1S/C10H10F3NO4/c1-5(2-8(15)16)14-9(17)7-3-6(4-18-7)10(11,12)13/h3-5H,2H2,1H3,(H,14,17)(H,15,16). The molecule has 8 heteroatoms. The Kier molecular flexibility index (Phi) is 4.00. The van der Waals surface area contributed by atoms with Crippen molar-refractivity contribution in [2.75, 3.05) is 0 Å². The average molecular weight is 265 g/mol. The minimum absolute atomic E-state index is 0.335. The zero-order chi connectivity index (χ0) is 13.9. The molecule has 0 aliphatic rings. The van der Waals surface area contributed by atoms with Crippen molar-refractivity contribution in [1.29, 1.82) is 0 Å². The maximum absolute atomic E-state index is 12.2. The monoisotopic (exact) mass is 265 g/mol. The van der Waals surface area contributed by atoms with E-state index in [-0.39, 0.29) is 6.42 Å². The largest absolute Gasteiger partial charge is 0.481 e. The molecule has 1 unspecified atom stereocenters. The normalized spacial score (nSPS) is 13.1. The van der Waals surface area contributed by atoms with E-state index in [2.05, 4.69) is 9.73 Å². The average Bonchev–Trinajstić information content (AvgIpc) is 2.63. The summed E-state index contributed by atoms with van der Waals surface area (Å²) in [6.07, 6.45) is -4.50. The van der Waals surface area contributed by atoms with Crippen molar-refractivity contribution in [1.82, 2.24) is 5.32 Å². The minimum Gasteiger partial charge on any atom is -0.481 e. The van der Waals surface area contributed by atoms with Gasteiger partial charge in [-0.2, -0.15) is 13.2 Å². The highest BCUT2D eigenvalue weighted by Gasteiger charge is 2.33. The van der Waals surface area contributed by atoms with Crippen LogP contribution in [0.4, 0.5) is 13.2 Å². The predicted molar refractivity (Wildman–Crippen MR) is 52.9 cm³/mol. The molecule has 0 radical (unpaired) electrons. The van der Waals surface area contributed by atoms with Gasteiger partial charge in [0.25, 0.3) is 5.91 Å². The first-order valence-corrected chi connectivity index (χ1v) is 4.88. The summed E-state index contributed by atoms with van der Waals surface area (Å²) in [5.74, 6) is -2.53. The zero-order valence-corrected chi connectivity index (χ0v) is 9.25. The van der Waals surface area contributed by atoms with Gasteiger partial charge in [-0.15, -0.1) is 0 Å². The maximum atomic E-state index is 12.2. The van der Waals surface area contributed by atoms with Crippen molar-refractivity contribution in [2.24, 2.45) is 0 Å².